The summed E-state index contributed by atoms with van der Waals surface area (Å²) >= 11 is 0. The van der Waals surface area contributed by atoms with Crippen LogP contribution in [0, 0.1) is 0 Å². The van der Waals surface area contributed by atoms with E-state index in [1.54, 1.807) is 0 Å². The van der Waals surface area contributed by atoms with E-state index in [9.17, 15) is 8.42 Å². The van der Waals surface area contributed by atoms with Crippen LogP contribution >= 0.6 is 0 Å². The third kappa shape index (κ3) is 5.77. The third-order valence-electron chi connectivity index (χ3n) is 3.83. The van der Waals surface area contributed by atoms with Gasteiger partial charge in [0.25, 0.3) is 10.1 Å². The van der Waals surface area contributed by atoms with Gasteiger partial charge in [0.15, 0.2) is 0 Å². The van der Waals surface area contributed by atoms with Crippen molar-refractivity contribution in [3.8, 4) is 0 Å². The van der Waals surface area contributed by atoms with Crippen molar-refractivity contribution >= 4 is 21.2 Å². The number of nitrogens with zero attached hydrogens (tertiary/aromatic N) is 2. The smallest absolute Gasteiger partial charge is 0.264 e. The van der Waals surface area contributed by atoms with Gasteiger partial charge in [-0.1, -0.05) is 44.2 Å². The number of aryl methyl sites for hydroxylation is 1. The van der Waals surface area contributed by atoms with Gasteiger partial charge in [-0.05, 0) is 25.0 Å². The van der Waals surface area contributed by atoms with Crippen LogP contribution in [0.5, 0.6) is 0 Å². The maximum atomic E-state index is 10.6. The maximum Gasteiger partial charge on any atom is 0.264 e. The Kier molecular flexibility index (Phi) is 6.39. The maximum absolute atomic E-state index is 10.6. The summed E-state index contributed by atoms with van der Waals surface area (Å²) in [7, 11) is -3.78. The monoisotopic (exact) mass is 324 g/mol. The highest BCUT2D eigenvalue weighted by atomic mass is 32.2. The normalized spacial score (nSPS) is 12.0. The minimum atomic E-state index is -3.78. The summed E-state index contributed by atoms with van der Waals surface area (Å²) < 4.78 is 31.9. The van der Waals surface area contributed by atoms with E-state index in [0.29, 0.717) is 6.42 Å². The highest BCUT2D eigenvalue weighted by Crippen LogP contribution is 2.14. The Bertz CT molecular complexity index is 680. The van der Waals surface area contributed by atoms with Gasteiger partial charge in [0, 0.05) is 6.54 Å². The zero-order chi connectivity index (χ0) is 15.8. The Morgan fingerprint density at radius 3 is 2.32 bits per heavy atom. The number of benzene rings is 1. The fraction of sp³-hybridized carbons (Fsp3) is 0.562. The van der Waals surface area contributed by atoms with Crippen molar-refractivity contribution in [2.75, 3.05) is 5.75 Å². The lowest BCUT2D eigenvalue weighted by molar-refractivity contribution is 0.478. The van der Waals surface area contributed by atoms with Gasteiger partial charge < -0.3 is 4.57 Å². The lowest BCUT2D eigenvalue weighted by Crippen LogP contribution is -2.03. The van der Waals surface area contributed by atoms with Crippen molar-refractivity contribution in [2.24, 2.45) is 0 Å². The largest absolute Gasteiger partial charge is 0.331 e. The Morgan fingerprint density at radius 1 is 0.955 bits per heavy atom. The first-order valence-corrected chi connectivity index (χ1v) is 9.52. The molecule has 2 rings (SSSR count). The Morgan fingerprint density at radius 2 is 1.59 bits per heavy atom. The summed E-state index contributed by atoms with van der Waals surface area (Å²) in [5.41, 5.74) is 2.23. The first kappa shape index (κ1) is 17.0. The molecule has 0 atom stereocenters. The quantitative estimate of drug-likeness (QED) is 0.535. The second kappa shape index (κ2) is 8.29. The van der Waals surface area contributed by atoms with Gasteiger partial charge in [0.05, 0.1) is 23.1 Å². The number of imidazole rings is 1. The van der Waals surface area contributed by atoms with Crippen LogP contribution in [-0.4, -0.2) is 28.3 Å². The highest BCUT2D eigenvalue weighted by Gasteiger charge is 2.03. The molecule has 1 aromatic heterocycles. The predicted octanol–water partition coefficient (Wildman–Crippen LogP) is 3.65. The molecule has 0 radical (unpaired) electrons. The van der Waals surface area contributed by atoms with Crippen LogP contribution in [0.1, 0.15) is 44.9 Å². The van der Waals surface area contributed by atoms with Gasteiger partial charge in [-0.25, -0.2) is 4.98 Å². The van der Waals surface area contributed by atoms with Crippen LogP contribution in [0.4, 0.5) is 0 Å². The summed E-state index contributed by atoms with van der Waals surface area (Å²) in [6, 6.07) is 8.16. The SMILES string of the molecule is O=S(=O)(O)CCCCCCCCCn1cnc2ccccc21. The molecule has 22 heavy (non-hydrogen) atoms. The number of aromatic nitrogens is 2. The molecule has 1 N–H and O–H groups in total. The molecule has 0 saturated carbocycles. The molecule has 0 fully saturated rings. The van der Waals surface area contributed by atoms with Crippen LogP contribution in [0.15, 0.2) is 30.6 Å². The summed E-state index contributed by atoms with van der Waals surface area (Å²) in [6.45, 7) is 0.989. The zero-order valence-electron chi connectivity index (χ0n) is 12.8. The van der Waals surface area contributed by atoms with E-state index < -0.39 is 10.1 Å². The summed E-state index contributed by atoms with van der Waals surface area (Å²) in [4.78, 5) is 4.38. The molecule has 6 heteroatoms. The van der Waals surface area contributed by atoms with E-state index in [0.717, 1.165) is 37.7 Å². The van der Waals surface area contributed by atoms with Crippen LogP contribution in [0.2, 0.25) is 0 Å². The third-order valence-corrected chi connectivity index (χ3v) is 4.63. The molecule has 1 aromatic carbocycles. The van der Waals surface area contributed by atoms with Gasteiger partial charge in [-0.15, -0.1) is 0 Å². The predicted molar refractivity (Wildman–Crippen MR) is 88.5 cm³/mol. The summed E-state index contributed by atoms with van der Waals surface area (Å²) in [5.74, 6) is -0.110. The van der Waals surface area contributed by atoms with Crippen LogP contribution in [-0.2, 0) is 16.7 Å². The lowest BCUT2D eigenvalue weighted by atomic mass is 10.1. The number of hydrogen-bond acceptors (Lipinski definition) is 3. The molecule has 0 spiro atoms. The second-order valence-corrected chi connectivity index (χ2v) is 7.26. The Labute approximate surface area is 132 Å². The number of rotatable bonds is 10. The van der Waals surface area contributed by atoms with Crippen molar-refractivity contribution in [3.05, 3.63) is 30.6 Å². The van der Waals surface area contributed by atoms with Crippen molar-refractivity contribution in [3.63, 3.8) is 0 Å². The number of fused-ring (bicyclic) bond motifs is 1. The van der Waals surface area contributed by atoms with Crippen LogP contribution in [0.3, 0.4) is 0 Å². The first-order chi connectivity index (χ1) is 10.6. The second-order valence-electron chi connectivity index (χ2n) is 5.69. The molecular formula is C16H24N2O3S. The van der Waals surface area contributed by atoms with E-state index in [1.807, 2.05) is 24.5 Å². The zero-order valence-corrected chi connectivity index (χ0v) is 13.6. The standard InChI is InChI=1S/C16H24N2O3S/c19-22(20,21)13-9-5-3-1-2-4-8-12-18-14-17-15-10-6-7-11-16(15)18/h6-7,10-11,14H,1-5,8-9,12-13H2,(H,19,20,21). The molecular weight excluding hydrogens is 300 g/mol. The first-order valence-electron chi connectivity index (χ1n) is 7.91. The molecule has 0 aliphatic carbocycles. The average molecular weight is 324 g/mol. The number of hydrogen-bond donors (Lipinski definition) is 1. The molecule has 5 nitrogen and oxygen atoms in total. The molecule has 2 aromatic rings. The van der Waals surface area contributed by atoms with E-state index in [1.165, 1.54) is 18.4 Å². The van der Waals surface area contributed by atoms with E-state index in [-0.39, 0.29) is 5.75 Å². The van der Waals surface area contributed by atoms with E-state index in [2.05, 4.69) is 15.6 Å². The van der Waals surface area contributed by atoms with Gasteiger partial charge in [0.2, 0.25) is 0 Å². The molecule has 122 valence electrons. The van der Waals surface area contributed by atoms with Crippen LogP contribution < -0.4 is 0 Å². The molecule has 0 aliphatic rings. The van der Waals surface area contributed by atoms with E-state index >= 15 is 0 Å². The van der Waals surface area contributed by atoms with Crippen molar-refractivity contribution < 1.29 is 13.0 Å². The van der Waals surface area contributed by atoms with Crippen molar-refractivity contribution in [1.29, 1.82) is 0 Å². The van der Waals surface area contributed by atoms with Gasteiger partial charge in [0.1, 0.15) is 0 Å². The molecule has 0 unspecified atom stereocenters. The molecule has 0 aliphatic heterocycles. The highest BCUT2D eigenvalue weighted by molar-refractivity contribution is 7.85. The van der Waals surface area contributed by atoms with Gasteiger partial charge >= 0.3 is 0 Å². The van der Waals surface area contributed by atoms with Gasteiger partial charge in [-0.3, -0.25) is 4.55 Å². The average Bonchev–Trinajstić information content (AvgIpc) is 2.88. The Hall–Kier alpha value is -1.40. The fourth-order valence-corrected chi connectivity index (χ4v) is 3.21. The number of unbranched alkanes of at least 4 members (excludes halogenated alkanes) is 6. The molecule has 1 heterocycles. The summed E-state index contributed by atoms with van der Waals surface area (Å²) in [6.07, 6.45) is 8.94. The molecule has 0 saturated heterocycles. The van der Waals surface area contributed by atoms with E-state index in [4.69, 9.17) is 4.55 Å². The fourth-order valence-electron chi connectivity index (χ4n) is 2.64. The van der Waals surface area contributed by atoms with Crippen molar-refractivity contribution in [2.45, 2.75) is 51.5 Å². The minimum Gasteiger partial charge on any atom is -0.331 e. The van der Waals surface area contributed by atoms with Crippen LogP contribution in [0.25, 0.3) is 11.0 Å². The topological polar surface area (TPSA) is 72.2 Å². The molecule has 0 bridgehead atoms. The minimum absolute atomic E-state index is 0.110. The molecule has 0 amide bonds. The lowest BCUT2D eigenvalue weighted by Gasteiger charge is -2.04. The number of para-hydroxylation sites is 2. The van der Waals surface area contributed by atoms with Gasteiger partial charge in [-0.2, -0.15) is 8.42 Å². The summed E-state index contributed by atoms with van der Waals surface area (Å²) in [5, 5.41) is 0. The Balaban J connectivity index is 1.55. The van der Waals surface area contributed by atoms with Crippen molar-refractivity contribution in [1.82, 2.24) is 9.55 Å².